The molecule has 0 aromatic heterocycles. The summed E-state index contributed by atoms with van der Waals surface area (Å²) in [6.07, 6.45) is 1.96. The molecule has 0 aliphatic carbocycles. The molecule has 3 aromatic carbocycles. The molecule has 1 aliphatic rings. The van der Waals surface area contributed by atoms with Crippen molar-refractivity contribution < 1.29 is 14.6 Å². The van der Waals surface area contributed by atoms with Crippen LogP contribution in [0.4, 0.5) is 0 Å². The topological polar surface area (TPSA) is 62.8 Å². The highest BCUT2D eigenvalue weighted by Gasteiger charge is 2.27. The van der Waals surface area contributed by atoms with Crippen molar-refractivity contribution in [3.63, 3.8) is 0 Å². The molecular formula is C26H28N2O3. The third kappa shape index (κ3) is 4.37. The number of hydrogen-bond donors (Lipinski definition) is 3. The van der Waals surface area contributed by atoms with Crippen LogP contribution in [-0.4, -0.2) is 18.8 Å². The lowest BCUT2D eigenvalue weighted by atomic mass is 9.96. The Balaban J connectivity index is 1.79. The van der Waals surface area contributed by atoms with Crippen LogP contribution in [-0.2, 0) is 0 Å². The zero-order valence-electron chi connectivity index (χ0n) is 18.1. The summed E-state index contributed by atoms with van der Waals surface area (Å²) in [5.41, 5.74) is 5.10. The third-order valence-corrected chi connectivity index (χ3v) is 5.52. The third-order valence-electron chi connectivity index (χ3n) is 5.52. The lowest BCUT2D eigenvalue weighted by Gasteiger charge is -2.34. The van der Waals surface area contributed by atoms with E-state index in [1.807, 2.05) is 49.4 Å². The van der Waals surface area contributed by atoms with Gasteiger partial charge in [-0.25, -0.2) is 0 Å². The van der Waals surface area contributed by atoms with Gasteiger partial charge >= 0.3 is 0 Å². The molecule has 3 aromatic rings. The van der Waals surface area contributed by atoms with Crippen LogP contribution >= 0.6 is 0 Å². The Kier molecular flexibility index (Phi) is 6.14. The number of phenols is 1. The summed E-state index contributed by atoms with van der Waals surface area (Å²) >= 11 is 0. The van der Waals surface area contributed by atoms with E-state index in [1.165, 1.54) is 5.56 Å². The van der Waals surface area contributed by atoms with E-state index in [9.17, 15) is 5.11 Å². The minimum atomic E-state index is -0.215. The Bertz CT molecular complexity index is 1090. The number of para-hydroxylation sites is 1. The zero-order valence-corrected chi connectivity index (χ0v) is 18.1. The number of rotatable bonds is 6. The molecular weight excluding hydrogens is 388 g/mol. The van der Waals surface area contributed by atoms with E-state index in [2.05, 4.69) is 41.8 Å². The maximum Gasteiger partial charge on any atom is 0.162 e. The number of phenolic OH excluding ortho intramolecular Hbond substituents is 1. The summed E-state index contributed by atoms with van der Waals surface area (Å²) in [4.78, 5) is 0. The predicted molar refractivity (Wildman–Crippen MR) is 123 cm³/mol. The van der Waals surface area contributed by atoms with Gasteiger partial charge in [0.1, 0.15) is 11.9 Å². The standard InChI is InChI=1S/C26H28N2O3/c1-4-31-24-14-8-13-21(25(24)29)23-16-22(18-10-7-11-19(15-18)30-3)27-26(28-23)20-12-6-5-9-17(20)2/h5-16,23,26-29H,4H2,1-3H3. The molecule has 5 nitrogen and oxygen atoms in total. The van der Waals surface area contributed by atoms with Gasteiger partial charge in [-0.15, -0.1) is 0 Å². The normalized spacial score (nSPS) is 18.1. The van der Waals surface area contributed by atoms with E-state index in [0.717, 1.165) is 28.1 Å². The van der Waals surface area contributed by atoms with Crippen molar-refractivity contribution >= 4 is 5.70 Å². The van der Waals surface area contributed by atoms with Crippen LogP contribution in [0, 0.1) is 6.92 Å². The van der Waals surface area contributed by atoms with Gasteiger partial charge in [-0.3, -0.25) is 5.32 Å². The first-order valence-corrected chi connectivity index (χ1v) is 10.5. The second-order valence-electron chi connectivity index (χ2n) is 7.52. The van der Waals surface area contributed by atoms with E-state index < -0.39 is 0 Å². The Morgan fingerprint density at radius 2 is 1.74 bits per heavy atom. The maximum atomic E-state index is 10.9. The van der Waals surface area contributed by atoms with Gasteiger partial charge in [-0.05, 0) is 49.2 Å². The summed E-state index contributed by atoms with van der Waals surface area (Å²) in [6, 6.07) is 21.7. The van der Waals surface area contributed by atoms with Gasteiger partial charge in [0.25, 0.3) is 0 Å². The lowest BCUT2D eigenvalue weighted by molar-refractivity contribution is 0.314. The fourth-order valence-electron chi connectivity index (χ4n) is 3.93. The predicted octanol–water partition coefficient (Wildman–Crippen LogP) is 5.08. The molecule has 0 bridgehead atoms. The van der Waals surface area contributed by atoms with Gasteiger partial charge in [0.2, 0.25) is 0 Å². The van der Waals surface area contributed by atoms with Crippen molar-refractivity contribution in [3.05, 3.63) is 95.1 Å². The number of nitrogens with one attached hydrogen (secondary N) is 2. The highest BCUT2D eigenvalue weighted by Crippen LogP contribution is 2.38. The summed E-state index contributed by atoms with van der Waals surface area (Å²) in [6.45, 7) is 4.50. The molecule has 0 amide bonds. The summed E-state index contributed by atoms with van der Waals surface area (Å²) in [5.74, 6) is 1.45. The van der Waals surface area contributed by atoms with Gasteiger partial charge in [0.05, 0.1) is 19.8 Å². The molecule has 0 saturated heterocycles. The number of benzene rings is 3. The van der Waals surface area contributed by atoms with Crippen LogP contribution in [0.5, 0.6) is 17.2 Å². The van der Waals surface area contributed by atoms with Crippen molar-refractivity contribution in [2.45, 2.75) is 26.1 Å². The monoisotopic (exact) mass is 416 g/mol. The molecule has 0 fully saturated rings. The minimum absolute atomic E-state index is 0.132. The lowest BCUT2D eigenvalue weighted by Crippen LogP contribution is -2.40. The maximum absolute atomic E-state index is 10.9. The Hall–Kier alpha value is -3.44. The first kappa shape index (κ1) is 20.8. The minimum Gasteiger partial charge on any atom is -0.504 e. The number of aromatic hydroxyl groups is 1. The van der Waals surface area contributed by atoms with Crippen molar-refractivity contribution in [2.24, 2.45) is 0 Å². The highest BCUT2D eigenvalue weighted by atomic mass is 16.5. The van der Waals surface area contributed by atoms with Crippen LogP contribution in [0.25, 0.3) is 5.70 Å². The van der Waals surface area contributed by atoms with Crippen molar-refractivity contribution in [1.29, 1.82) is 0 Å². The number of hydrogen-bond acceptors (Lipinski definition) is 5. The molecule has 3 N–H and O–H groups in total. The number of ether oxygens (including phenoxy) is 2. The molecule has 4 rings (SSSR count). The molecule has 2 unspecified atom stereocenters. The Morgan fingerprint density at radius 1 is 0.968 bits per heavy atom. The molecule has 5 heteroatoms. The molecule has 160 valence electrons. The van der Waals surface area contributed by atoms with E-state index in [-0.39, 0.29) is 18.0 Å². The fourth-order valence-corrected chi connectivity index (χ4v) is 3.93. The van der Waals surface area contributed by atoms with E-state index in [4.69, 9.17) is 9.47 Å². The van der Waals surface area contributed by atoms with Gasteiger partial charge in [-0.1, -0.05) is 48.5 Å². The SMILES string of the molecule is CCOc1cccc(C2C=C(c3cccc(OC)c3)NC(c3ccccc3C)N2)c1O. The number of aryl methyl sites for hydroxylation is 1. The smallest absolute Gasteiger partial charge is 0.162 e. The largest absolute Gasteiger partial charge is 0.504 e. The number of methoxy groups -OCH3 is 1. The molecule has 0 radical (unpaired) electrons. The second-order valence-corrected chi connectivity index (χ2v) is 7.52. The molecule has 1 aliphatic heterocycles. The summed E-state index contributed by atoms with van der Waals surface area (Å²) < 4.78 is 11.0. The highest BCUT2D eigenvalue weighted by molar-refractivity contribution is 5.68. The van der Waals surface area contributed by atoms with Crippen molar-refractivity contribution in [2.75, 3.05) is 13.7 Å². The van der Waals surface area contributed by atoms with Crippen LogP contribution in [0.1, 0.15) is 41.4 Å². The van der Waals surface area contributed by atoms with Gasteiger partial charge in [0, 0.05) is 16.8 Å². The van der Waals surface area contributed by atoms with E-state index >= 15 is 0 Å². The molecule has 31 heavy (non-hydrogen) atoms. The quantitative estimate of drug-likeness (QED) is 0.523. The van der Waals surface area contributed by atoms with Crippen molar-refractivity contribution in [1.82, 2.24) is 10.6 Å². The molecule has 2 atom stereocenters. The van der Waals surface area contributed by atoms with E-state index in [0.29, 0.717) is 12.4 Å². The van der Waals surface area contributed by atoms with Gasteiger partial charge in [0.15, 0.2) is 11.5 Å². The van der Waals surface area contributed by atoms with Crippen LogP contribution < -0.4 is 20.1 Å². The second kappa shape index (κ2) is 9.14. The first-order valence-electron chi connectivity index (χ1n) is 10.5. The Labute approximate surface area is 183 Å². The van der Waals surface area contributed by atoms with Crippen LogP contribution in [0.15, 0.2) is 72.8 Å². The zero-order chi connectivity index (χ0) is 21.8. The van der Waals surface area contributed by atoms with Crippen LogP contribution in [0.2, 0.25) is 0 Å². The van der Waals surface area contributed by atoms with E-state index in [1.54, 1.807) is 13.2 Å². The van der Waals surface area contributed by atoms with Gasteiger partial charge < -0.3 is 19.9 Å². The molecule has 0 saturated carbocycles. The molecule has 0 spiro atoms. The summed E-state index contributed by atoms with van der Waals surface area (Å²) in [5, 5.41) is 18.1. The van der Waals surface area contributed by atoms with Crippen LogP contribution in [0.3, 0.4) is 0 Å². The average Bonchev–Trinajstić information content (AvgIpc) is 2.80. The Morgan fingerprint density at radius 3 is 2.52 bits per heavy atom. The van der Waals surface area contributed by atoms with Crippen molar-refractivity contribution in [3.8, 4) is 17.2 Å². The van der Waals surface area contributed by atoms with Gasteiger partial charge in [-0.2, -0.15) is 0 Å². The fraction of sp³-hybridized carbons (Fsp3) is 0.231. The summed E-state index contributed by atoms with van der Waals surface area (Å²) in [7, 11) is 1.67. The first-order chi connectivity index (χ1) is 15.1. The molecule has 1 heterocycles. The average molecular weight is 417 g/mol.